The van der Waals surface area contributed by atoms with E-state index in [1.807, 2.05) is 30.3 Å². The molecular weight excluding hydrogens is 359 g/mol. The first-order chi connectivity index (χ1) is 13.7. The molecule has 0 atom stereocenters. The minimum atomic E-state index is -0.509. The molecule has 0 spiro atoms. The molecule has 2 aromatic carbocycles. The topological polar surface area (TPSA) is 80.9 Å². The minimum absolute atomic E-state index is 0.0771. The number of amides is 1. The van der Waals surface area contributed by atoms with Crippen molar-refractivity contribution >= 4 is 11.6 Å². The molecule has 0 saturated carbocycles. The third kappa shape index (κ3) is 3.93. The second-order valence-corrected chi connectivity index (χ2v) is 6.08. The quantitative estimate of drug-likeness (QED) is 0.568. The number of nitrogens with one attached hydrogen (secondary N) is 1. The number of hydrogen-bond donors (Lipinski definition) is 1. The van der Waals surface area contributed by atoms with Crippen LogP contribution >= 0.6 is 0 Å². The summed E-state index contributed by atoms with van der Waals surface area (Å²) in [5, 5.41) is 6.51. The molecule has 0 aliphatic rings. The summed E-state index contributed by atoms with van der Waals surface area (Å²) in [6, 6.07) is 17.0. The van der Waals surface area contributed by atoms with Gasteiger partial charge in [-0.1, -0.05) is 35.5 Å². The number of carbonyl (C=O) groups excluding carboxylic acids is 1. The molecule has 2 heterocycles. The Morgan fingerprint density at radius 2 is 1.96 bits per heavy atom. The van der Waals surface area contributed by atoms with Gasteiger partial charge in [0.2, 0.25) is 0 Å². The summed E-state index contributed by atoms with van der Waals surface area (Å²) in [6.45, 7) is 0. The van der Waals surface area contributed by atoms with Crippen LogP contribution in [0.5, 0.6) is 0 Å². The Labute approximate surface area is 160 Å². The lowest BCUT2D eigenvalue weighted by Crippen LogP contribution is -2.15. The molecule has 138 valence electrons. The van der Waals surface area contributed by atoms with Crippen molar-refractivity contribution in [2.75, 3.05) is 5.32 Å². The molecule has 2 aromatic heterocycles. The average Bonchev–Trinajstić information content (AvgIpc) is 3.21. The van der Waals surface area contributed by atoms with Crippen LogP contribution in [0, 0.1) is 5.82 Å². The normalized spacial score (nSPS) is 10.6. The van der Waals surface area contributed by atoms with E-state index in [4.69, 9.17) is 4.52 Å². The van der Waals surface area contributed by atoms with Crippen LogP contribution in [-0.4, -0.2) is 21.0 Å². The van der Waals surface area contributed by atoms with Gasteiger partial charge in [-0.25, -0.2) is 4.39 Å². The van der Waals surface area contributed by atoms with Gasteiger partial charge in [-0.05, 0) is 41.5 Å². The highest BCUT2D eigenvalue weighted by atomic mass is 19.1. The summed E-state index contributed by atoms with van der Waals surface area (Å²) in [5.74, 6) is -0.986. The maximum atomic E-state index is 13.4. The summed E-state index contributed by atoms with van der Waals surface area (Å²) < 4.78 is 18.4. The zero-order valence-electron chi connectivity index (χ0n) is 14.7. The smallest absolute Gasteiger partial charge is 0.297 e. The van der Waals surface area contributed by atoms with E-state index in [-0.39, 0.29) is 11.7 Å². The first kappa shape index (κ1) is 17.5. The largest absolute Gasteiger partial charge is 0.333 e. The van der Waals surface area contributed by atoms with Crippen molar-refractivity contribution in [1.82, 2.24) is 15.1 Å². The minimum Gasteiger partial charge on any atom is -0.333 e. The second-order valence-electron chi connectivity index (χ2n) is 6.08. The molecule has 0 fully saturated rings. The number of rotatable bonds is 5. The van der Waals surface area contributed by atoms with E-state index >= 15 is 0 Å². The molecule has 7 heteroatoms. The zero-order chi connectivity index (χ0) is 19.3. The first-order valence-corrected chi connectivity index (χ1v) is 8.57. The van der Waals surface area contributed by atoms with E-state index in [0.717, 1.165) is 11.1 Å². The van der Waals surface area contributed by atoms with E-state index in [1.165, 1.54) is 18.2 Å². The molecule has 4 aromatic rings. The van der Waals surface area contributed by atoms with Crippen LogP contribution in [0.4, 0.5) is 10.1 Å². The average molecular weight is 374 g/mol. The van der Waals surface area contributed by atoms with E-state index in [9.17, 15) is 9.18 Å². The number of carbonyl (C=O) groups is 1. The number of anilines is 1. The fraction of sp³-hybridized carbons (Fsp3) is 0.0476. The Bertz CT molecular complexity index is 1110. The Morgan fingerprint density at radius 3 is 2.79 bits per heavy atom. The zero-order valence-corrected chi connectivity index (χ0v) is 14.7. The van der Waals surface area contributed by atoms with Gasteiger partial charge >= 0.3 is 0 Å². The molecule has 0 saturated heterocycles. The van der Waals surface area contributed by atoms with Crippen molar-refractivity contribution in [3.63, 3.8) is 0 Å². The molecule has 6 nitrogen and oxygen atoms in total. The van der Waals surface area contributed by atoms with Crippen LogP contribution in [0.3, 0.4) is 0 Å². The fourth-order valence-corrected chi connectivity index (χ4v) is 2.75. The third-order valence-electron chi connectivity index (χ3n) is 4.08. The predicted octanol–water partition coefficient (Wildman–Crippen LogP) is 4.11. The number of hydrogen-bond acceptors (Lipinski definition) is 5. The molecule has 28 heavy (non-hydrogen) atoms. The second kappa shape index (κ2) is 7.79. The van der Waals surface area contributed by atoms with Gasteiger partial charge in [0.15, 0.2) is 0 Å². The monoisotopic (exact) mass is 374 g/mol. The Hall–Kier alpha value is -3.87. The van der Waals surface area contributed by atoms with Crippen LogP contribution in [0.25, 0.3) is 11.5 Å². The summed E-state index contributed by atoms with van der Waals surface area (Å²) in [7, 11) is 0. The Morgan fingerprint density at radius 1 is 1.07 bits per heavy atom. The standard InChI is InChI=1S/C21H15FN4O2/c22-17-8-3-7-16(12-17)21-25-19(26-28-21)20(27)24-18-9-2-1-6-15(18)11-14-5-4-10-23-13-14/h1-10,12-13H,11H2,(H,24,27). The summed E-state index contributed by atoms with van der Waals surface area (Å²) in [4.78, 5) is 20.7. The van der Waals surface area contributed by atoms with Crippen molar-refractivity contribution in [3.05, 3.63) is 95.8 Å². The van der Waals surface area contributed by atoms with Crippen LogP contribution in [0.2, 0.25) is 0 Å². The number of aromatic nitrogens is 3. The number of halogens is 1. The first-order valence-electron chi connectivity index (χ1n) is 8.57. The van der Waals surface area contributed by atoms with Crippen molar-refractivity contribution < 1.29 is 13.7 Å². The SMILES string of the molecule is O=C(Nc1ccccc1Cc1cccnc1)c1noc(-c2cccc(F)c2)n1. The van der Waals surface area contributed by atoms with Crippen LogP contribution in [0.1, 0.15) is 21.7 Å². The Kier molecular flexibility index (Phi) is 4.88. The van der Waals surface area contributed by atoms with Gasteiger partial charge in [-0.2, -0.15) is 4.98 Å². The highest BCUT2D eigenvalue weighted by Crippen LogP contribution is 2.21. The highest BCUT2D eigenvalue weighted by Gasteiger charge is 2.17. The third-order valence-corrected chi connectivity index (χ3v) is 4.08. The van der Waals surface area contributed by atoms with E-state index < -0.39 is 11.7 Å². The molecule has 1 amide bonds. The molecule has 1 N–H and O–H groups in total. The predicted molar refractivity (Wildman–Crippen MR) is 101 cm³/mol. The van der Waals surface area contributed by atoms with Crippen LogP contribution in [-0.2, 0) is 6.42 Å². The van der Waals surface area contributed by atoms with Gasteiger partial charge in [0.25, 0.3) is 17.6 Å². The van der Waals surface area contributed by atoms with Crippen LogP contribution < -0.4 is 5.32 Å². The lowest BCUT2D eigenvalue weighted by atomic mass is 10.0. The number of benzene rings is 2. The van der Waals surface area contributed by atoms with E-state index in [0.29, 0.717) is 17.7 Å². The van der Waals surface area contributed by atoms with Gasteiger partial charge in [-0.3, -0.25) is 9.78 Å². The lowest BCUT2D eigenvalue weighted by molar-refractivity contribution is 0.101. The molecule has 4 rings (SSSR count). The van der Waals surface area contributed by atoms with Crippen molar-refractivity contribution in [2.24, 2.45) is 0 Å². The number of pyridine rings is 1. The molecule has 0 aliphatic carbocycles. The number of nitrogens with zero attached hydrogens (tertiary/aromatic N) is 3. The lowest BCUT2D eigenvalue weighted by Gasteiger charge is -2.09. The maximum Gasteiger partial charge on any atom is 0.297 e. The van der Waals surface area contributed by atoms with Crippen molar-refractivity contribution in [3.8, 4) is 11.5 Å². The Balaban J connectivity index is 1.53. The number of para-hydroxylation sites is 1. The fourth-order valence-electron chi connectivity index (χ4n) is 2.75. The van der Waals surface area contributed by atoms with Crippen molar-refractivity contribution in [1.29, 1.82) is 0 Å². The van der Waals surface area contributed by atoms with E-state index in [2.05, 4.69) is 20.4 Å². The van der Waals surface area contributed by atoms with Gasteiger partial charge in [0, 0.05) is 30.1 Å². The van der Waals surface area contributed by atoms with Gasteiger partial charge in [0.05, 0.1) is 0 Å². The molecule has 0 bridgehead atoms. The molecule has 0 unspecified atom stereocenters. The summed E-state index contributed by atoms with van der Waals surface area (Å²) >= 11 is 0. The van der Waals surface area contributed by atoms with Gasteiger partial charge in [-0.15, -0.1) is 0 Å². The van der Waals surface area contributed by atoms with Crippen LogP contribution in [0.15, 0.2) is 77.6 Å². The summed E-state index contributed by atoms with van der Waals surface area (Å²) in [5.41, 5.74) is 3.01. The maximum absolute atomic E-state index is 13.4. The highest BCUT2D eigenvalue weighted by molar-refractivity contribution is 6.02. The van der Waals surface area contributed by atoms with Crippen molar-refractivity contribution in [2.45, 2.75) is 6.42 Å². The van der Waals surface area contributed by atoms with E-state index in [1.54, 1.807) is 24.5 Å². The van der Waals surface area contributed by atoms with Gasteiger partial charge in [0.1, 0.15) is 5.82 Å². The van der Waals surface area contributed by atoms with Gasteiger partial charge < -0.3 is 9.84 Å². The molecular formula is C21H15FN4O2. The molecule has 0 aliphatic heterocycles. The molecule has 0 radical (unpaired) electrons. The summed E-state index contributed by atoms with van der Waals surface area (Å²) in [6.07, 6.45) is 4.11.